The van der Waals surface area contributed by atoms with Gasteiger partial charge in [-0.2, -0.15) is 0 Å². The van der Waals surface area contributed by atoms with Crippen molar-refractivity contribution >= 4 is 11.8 Å². The van der Waals surface area contributed by atoms with Crippen molar-refractivity contribution in [3.63, 3.8) is 0 Å². The van der Waals surface area contributed by atoms with E-state index in [1.807, 2.05) is 6.92 Å². The zero-order chi connectivity index (χ0) is 14.2. The highest BCUT2D eigenvalue weighted by Crippen LogP contribution is 2.20. The summed E-state index contributed by atoms with van der Waals surface area (Å²) in [5, 5.41) is 3.25. The van der Waals surface area contributed by atoms with Crippen LogP contribution in [0.4, 0.5) is 0 Å². The number of carbonyl (C=O) groups is 2. The Bertz CT molecular complexity index is 505. The van der Waals surface area contributed by atoms with Gasteiger partial charge in [0.05, 0.1) is 12.5 Å². The second-order valence-electron chi connectivity index (χ2n) is 5.36. The number of aryl methyl sites for hydroxylation is 2. The third kappa shape index (κ3) is 2.84. The molecule has 1 aliphatic heterocycles. The minimum atomic E-state index is -0.395. The highest BCUT2D eigenvalue weighted by molar-refractivity contribution is 6.05. The predicted molar refractivity (Wildman–Crippen MR) is 73.6 cm³/mol. The van der Waals surface area contributed by atoms with Crippen LogP contribution in [0.15, 0.2) is 18.2 Å². The Morgan fingerprint density at radius 3 is 2.26 bits per heavy atom. The molecule has 2 rings (SSSR count). The highest BCUT2D eigenvalue weighted by atomic mass is 16.2. The number of amides is 2. The van der Waals surface area contributed by atoms with Gasteiger partial charge in [0, 0.05) is 13.1 Å². The van der Waals surface area contributed by atoms with Crippen LogP contribution in [0.25, 0.3) is 0 Å². The van der Waals surface area contributed by atoms with Crippen molar-refractivity contribution < 1.29 is 9.59 Å². The van der Waals surface area contributed by atoms with E-state index in [9.17, 15) is 9.59 Å². The van der Waals surface area contributed by atoms with Crippen LogP contribution in [0.3, 0.4) is 0 Å². The summed E-state index contributed by atoms with van der Waals surface area (Å²) in [6.45, 7) is 6.13. The van der Waals surface area contributed by atoms with Crippen molar-refractivity contribution in [3.8, 4) is 0 Å². The zero-order valence-electron chi connectivity index (χ0n) is 11.9. The molecule has 1 aromatic carbocycles. The van der Waals surface area contributed by atoms with Crippen molar-refractivity contribution in [1.29, 1.82) is 0 Å². The van der Waals surface area contributed by atoms with Crippen LogP contribution in [0.2, 0.25) is 0 Å². The largest absolute Gasteiger partial charge is 0.299 e. The lowest BCUT2D eigenvalue weighted by Crippen LogP contribution is -2.38. The van der Waals surface area contributed by atoms with E-state index in [1.54, 1.807) is 0 Å². The number of carbonyl (C=O) groups excluding carboxylic acids is 2. The smallest absolute Gasteiger partial charge is 0.246 e. The SMILES string of the molecule is Cc1cc(C)cc(C(C)NC2CC(=O)N(C)C2=O)c1. The van der Waals surface area contributed by atoms with Crippen molar-refractivity contribution in [1.82, 2.24) is 10.2 Å². The summed E-state index contributed by atoms with van der Waals surface area (Å²) in [4.78, 5) is 24.5. The molecule has 1 heterocycles. The Labute approximate surface area is 113 Å². The number of imide groups is 1. The summed E-state index contributed by atoms with van der Waals surface area (Å²) in [7, 11) is 1.54. The summed E-state index contributed by atoms with van der Waals surface area (Å²) in [6, 6.07) is 5.99. The molecule has 4 nitrogen and oxygen atoms in total. The molecule has 2 amide bonds. The number of nitrogens with one attached hydrogen (secondary N) is 1. The number of likely N-dealkylation sites (N-methyl/N-ethyl adjacent to an activating group) is 1. The van der Waals surface area contributed by atoms with E-state index < -0.39 is 6.04 Å². The van der Waals surface area contributed by atoms with Gasteiger partial charge in [-0.15, -0.1) is 0 Å². The fourth-order valence-corrected chi connectivity index (χ4v) is 2.54. The number of benzene rings is 1. The van der Waals surface area contributed by atoms with Gasteiger partial charge in [-0.3, -0.25) is 19.8 Å². The number of rotatable bonds is 3. The van der Waals surface area contributed by atoms with Gasteiger partial charge in [0.2, 0.25) is 11.8 Å². The van der Waals surface area contributed by atoms with Gasteiger partial charge in [0.25, 0.3) is 0 Å². The van der Waals surface area contributed by atoms with Crippen LogP contribution < -0.4 is 5.32 Å². The lowest BCUT2D eigenvalue weighted by Gasteiger charge is -2.19. The Kier molecular flexibility index (Phi) is 3.71. The molecule has 2 atom stereocenters. The predicted octanol–water partition coefficient (Wildman–Crippen LogP) is 1.71. The lowest BCUT2D eigenvalue weighted by molar-refractivity contribution is -0.137. The van der Waals surface area contributed by atoms with E-state index in [1.165, 1.54) is 23.1 Å². The first-order chi connectivity index (χ1) is 8.88. The second kappa shape index (κ2) is 5.13. The van der Waals surface area contributed by atoms with Gasteiger partial charge < -0.3 is 0 Å². The summed E-state index contributed by atoms with van der Waals surface area (Å²) in [5.74, 6) is -0.253. The first kappa shape index (κ1) is 13.7. The minimum absolute atomic E-state index is 0.0480. The van der Waals surface area contributed by atoms with E-state index in [-0.39, 0.29) is 24.3 Å². The van der Waals surface area contributed by atoms with E-state index in [0.29, 0.717) is 0 Å². The third-order valence-corrected chi connectivity index (χ3v) is 3.58. The molecule has 0 radical (unpaired) electrons. The van der Waals surface area contributed by atoms with Gasteiger partial charge >= 0.3 is 0 Å². The van der Waals surface area contributed by atoms with Crippen molar-refractivity contribution in [3.05, 3.63) is 34.9 Å². The average Bonchev–Trinajstić information content (AvgIpc) is 2.56. The lowest BCUT2D eigenvalue weighted by atomic mass is 10.0. The van der Waals surface area contributed by atoms with Gasteiger partial charge in [0.1, 0.15) is 0 Å². The maximum absolute atomic E-state index is 11.9. The maximum atomic E-state index is 11.9. The minimum Gasteiger partial charge on any atom is -0.299 e. The molecule has 4 heteroatoms. The molecule has 2 unspecified atom stereocenters. The van der Waals surface area contributed by atoms with Gasteiger partial charge in [-0.1, -0.05) is 29.3 Å². The Hall–Kier alpha value is -1.68. The summed E-state index contributed by atoms with van der Waals surface area (Å²) < 4.78 is 0. The van der Waals surface area contributed by atoms with Crippen molar-refractivity contribution in [2.45, 2.75) is 39.3 Å². The van der Waals surface area contributed by atoms with Crippen molar-refractivity contribution in [2.75, 3.05) is 7.05 Å². The van der Waals surface area contributed by atoms with Gasteiger partial charge in [0.15, 0.2) is 0 Å². The maximum Gasteiger partial charge on any atom is 0.246 e. The van der Waals surface area contributed by atoms with Crippen LogP contribution in [0, 0.1) is 13.8 Å². The first-order valence-corrected chi connectivity index (χ1v) is 6.53. The molecule has 0 bridgehead atoms. The molecule has 1 aliphatic rings. The molecular formula is C15H20N2O2. The second-order valence-corrected chi connectivity index (χ2v) is 5.36. The van der Waals surface area contributed by atoms with Gasteiger partial charge in [-0.05, 0) is 26.3 Å². The van der Waals surface area contributed by atoms with Crippen LogP contribution in [0.1, 0.15) is 36.1 Å². The Morgan fingerprint density at radius 1 is 1.21 bits per heavy atom. The molecule has 0 saturated carbocycles. The highest BCUT2D eigenvalue weighted by Gasteiger charge is 2.36. The molecule has 1 N–H and O–H groups in total. The van der Waals surface area contributed by atoms with Crippen LogP contribution in [-0.2, 0) is 9.59 Å². The van der Waals surface area contributed by atoms with Gasteiger partial charge in [-0.25, -0.2) is 0 Å². The molecular weight excluding hydrogens is 240 g/mol. The molecule has 102 valence electrons. The van der Waals surface area contributed by atoms with Crippen LogP contribution >= 0.6 is 0 Å². The van der Waals surface area contributed by atoms with E-state index in [2.05, 4.69) is 37.4 Å². The summed E-state index contributed by atoms with van der Waals surface area (Å²) >= 11 is 0. The first-order valence-electron chi connectivity index (χ1n) is 6.53. The fraction of sp³-hybridized carbons (Fsp3) is 0.467. The standard InChI is InChI=1S/C15H20N2O2/c1-9-5-10(2)7-12(6-9)11(3)16-13-8-14(18)17(4)15(13)19/h5-7,11,13,16H,8H2,1-4H3. The summed E-state index contributed by atoms with van der Waals surface area (Å²) in [5.41, 5.74) is 3.55. The normalized spacial score (nSPS) is 21.1. The molecule has 0 spiro atoms. The molecule has 0 aliphatic carbocycles. The van der Waals surface area contributed by atoms with E-state index in [0.717, 1.165) is 5.56 Å². The molecule has 0 aromatic heterocycles. The van der Waals surface area contributed by atoms with E-state index >= 15 is 0 Å². The number of likely N-dealkylation sites (tertiary alicyclic amines) is 1. The Balaban J connectivity index is 2.11. The number of hydrogen-bond donors (Lipinski definition) is 1. The molecule has 1 aromatic rings. The average molecular weight is 260 g/mol. The fourth-order valence-electron chi connectivity index (χ4n) is 2.54. The molecule has 1 saturated heterocycles. The Morgan fingerprint density at radius 2 is 1.79 bits per heavy atom. The number of nitrogens with zero attached hydrogens (tertiary/aromatic N) is 1. The monoisotopic (exact) mass is 260 g/mol. The third-order valence-electron chi connectivity index (χ3n) is 3.58. The number of hydrogen-bond acceptors (Lipinski definition) is 3. The van der Waals surface area contributed by atoms with E-state index in [4.69, 9.17) is 0 Å². The van der Waals surface area contributed by atoms with Crippen molar-refractivity contribution in [2.24, 2.45) is 0 Å². The summed E-state index contributed by atoms with van der Waals surface area (Å²) in [6.07, 6.45) is 0.254. The molecule has 1 fully saturated rings. The zero-order valence-corrected chi connectivity index (χ0v) is 11.9. The van der Waals surface area contributed by atoms with Crippen LogP contribution in [-0.4, -0.2) is 29.8 Å². The quantitative estimate of drug-likeness (QED) is 0.842. The molecule has 19 heavy (non-hydrogen) atoms. The topological polar surface area (TPSA) is 49.4 Å². The van der Waals surface area contributed by atoms with Crippen LogP contribution in [0.5, 0.6) is 0 Å².